The van der Waals surface area contributed by atoms with E-state index >= 15 is 0 Å². The molecule has 0 radical (unpaired) electrons. The molecule has 0 saturated heterocycles. The number of para-hydroxylation sites is 1. The number of ether oxygens (including phenoxy) is 1. The van der Waals surface area contributed by atoms with Gasteiger partial charge in [-0.3, -0.25) is 4.68 Å². The quantitative estimate of drug-likeness (QED) is 0.218. The Balaban J connectivity index is 0.992. The Morgan fingerprint density at radius 2 is 1.79 bits per heavy atom. The summed E-state index contributed by atoms with van der Waals surface area (Å²) in [7, 11) is 0. The molecule has 0 amide bonds. The molecule has 0 saturated carbocycles. The van der Waals surface area contributed by atoms with Crippen LogP contribution >= 0.6 is 0 Å². The van der Waals surface area contributed by atoms with Gasteiger partial charge in [-0.1, -0.05) is 28.6 Å². The molecule has 0 N–H and O–H groups in total. The second kappa shape index (κ2) is 10.2. The monoisotopic (exact) mass is 460 g/mol. The first-order valence-corrected chi connectivity index (χ1v) is 11.2. The summed E-state index contributed by atoms with van der Waals surface area (Å²) in [5.74, 6) is 0.707. The molecule has 0 fully saturated rings. The zero-order chi connectivity index (χ0) is 23.2. The summed E-state index contributed by atoms with van der Waals surface area (Å²) >= 11 is 0. The van der Waals surface area contributed by atoms with Crippen molar-refractivity contribution in [1.82, 2.24) is 30.2 Å². The highest BCUT2D eigenvalue weighted by molar-refractivity contribution is 5.77. The standard InChI is InChI=1S/C24H24N6O4/c31-24-12-10-18-9-11-20(15-23(18)34-24)32-14-6-2-1-5-13-29-16-19(25-27-29)17-33-30-22-8-4-3-7-21(22)26-28-30/h3-4,7-12,15-16H,1-2,5-6,13-14,17H2. The molecule has 34 heavy (non-hydrogen) atoms. The van der Waals surface area contributed by atoms with Crippen molar-refractivity contribution in [3.05, 3.63) is 76.9 Å². The molecule has 0 unspecified atom stereocenters. The van der Waals surface area contributed by atoms with E-state index in [4.69, 9.17) is 14.0 Å². The normalized spacial score (nSPS) is 11.3. The van der Waals surface area contributed by atoms with Gasteiger partial charge in [0.25, 0.3) is 0 Å². The van der Waals surface area contributed by atoms with Gasteiger partial charge in [0.2, 0.25) is 0 Å². The van der Waals surface area contributed by atoms with Crippen molar-refractivity contribution in [1.29, 1.82) is 0 Å². The first kappa shape index (κ1) is 21.6. The van der Waals surface area contributed by atoms with Crippen LogP contribution in [0.4, 0.5) is 0 Å². The molecule has 10 heteroatoms. The van der Waals surface area contributed by atoms with Crippen molar-refractivity contribution in [2.45, 2.75) is 38.8 Å². The van der Waals surface area contributed by atoms with Crippen molar-refractivity contribution < 1.29 is 14.0 Å². The van der Waals surface area contributed by atoms with E-state index in [1.165, 1.54) is 10.9 Å². The van der Waals surface area contributed by atoms with Crippen molar-refractivity contribution in [3.8, 4) is 5.75 Å². The van der Waals surface area contributed by atoms with Crippen LogP contribution in [0, 0.1) is 0 Å². The Kier molecular flexibility index (Phi) is 6.46. The van der Waals surface area contributed by atoms with Crippen LogP contribution in [-0.2, 0) is 13.2 Å². The Morgan fingerprint density at radius 3 is 2.76 bits per heavy atom. The predicted octanol–water partition coefficient (Wildman–Crippen LogP) is 3.40. The third-order valence-corrected chi connectivity index (χ3v) is 5.39. The topological polar surface area (TPSA) is 110 Å². The molecule has 5 rings (SSSR count). The lowest BCUT2D eigenvalue weighted by Crippen LogP contribution is -2.13. The minimum Gasteiger partial charge on any atom is -0.493 e. The summed E-state index contributed by atoms with van der Waals surface area (Å²) in [6, 6.07) is 16.3. The van der Waals surface area contributed by atoms with E-state index in [9.17, 15) is 4.79 Å². The molecule has 5 aromatic rings. The number of aromatic nitrogens is 6. The van der Waals surface area contributed by atoms with Crippen LogP contribution in [0.3, 0.4) is 0 Å². The molecule has 3 heterocycles. The highest BCUT2D eigenvalue weighted by Crippen LogP contribution is 2.19. The van der Waals surface area contributed by atoms with E-state index in [0.717, 1.165) is 54.3 Å². The lowest BCUT2D eigenvalue weighted by atomic mass is 10.2. The van der Waals surface area contributed by atoms with Crippen LogP contribution < -0.4 is 15.2 Å². The van der Waals surface area contributed by atoms with Gasteiger partial charge in [-0.15, -0.1) is 10.2 Å². The maximum absolute atomic E-state index is 11.4. The van der Waals surface area contributed by atoms with Gasteiger partial charge in [-0.05, 0) is 54.8 Å². The van der Waals surface area contributed by atoms with Crippen molar-refractivity contribution in [2.24, 2.45) is 0 Å². The Labute approximate surface area is 194 Å². The van der Waals surface area contributed by atoms with Crippen LogP contribution in [0.1, 0.15) is 31.4 Å². The third-order valence-electron chi connectivity index (χ3n) is 5.39. The molecular formula is C24H24N6O4. The van der Waals surface area contributed by atoms with E-state index in [2.05, 4.69) is 20.6 Å². The molecule has 0 aliphatic heterocycles. The number of hydrogen-bond acceptors (Lipinski definition) is 8. The van der Waals surface area contributed by atoms with Crippen LogP contribution in [0.5, 0.6) is 5.75 Å². The summed E-state index contributed by atoms with van der Waals surface area (Å²) in [5, 5.41) is 17.3. The van der Waals surface area contributed by atoms with Gasteiger partial charge in [-0.2, -0.15) is 0 Å². The van der Waals surface area contributed by atoms with E-state index in [-0.39, 0.29) is 12.2 Å². The molecule has 0 aliphatic carbocycles. The third kappa shape index (κ3) is 5.22. The van der Waals surface area contributed by atoms with Crippen molar-refractivity contribution in [2.75, 3.05) is 6.61 Å². The van der Waals surface area contributed by atoms with Crippen molar-refractivity contribution in [3.63, 3.8) is 0 Å². The van der Waals surface area contributed by atoms with E-state index in [1.54, 1.807) is 12.1 Å². The van der Waals surface area contributed by atoms with Crippen LogP contribution in [-0.4, -0.2) is 36.8 Å². The highest BCUT2D eigenvalue weighted by Gasteiger charge is 2.07. The molecule has 0 bridgehead atoms. The van der Waals surface area contributed by atoms with Gasteiger partial charge < -0.3 is 14.0 Å². The van der Waals surface area contributed by atoms with E-state index in [1.807, 2.05) is 47.3 Å². The average molecular weight is 460 g/mol. The maximum Gasteiger partial charge on any atom is 0.336 e. The zero-order valence-corrected chi connectivity index (χ0v) is 18.5. The number of rotatable bonds is 11. The lowest BCUT2D eigenvalue weighted by Gasteiger charge is -2.07. The number of nitrogens with zero attached hydrogens (tertiary/aromatic N) is 6. The fourth-order valence-corrected chi connectivity index (χ4v) is 3.63. The summed E-state index contributed by atoms with van der Waals surface area (Å²) in [5.41, 5.74) is 2.50. The largest absolute Gasteiger partial charge is 0.493 e. The van der Waals surface area contributed by atoms with Gasteiger partial charge in [0.1, 0.15) is 28.1 Å². The second-order valence-corrected chi connectivity index (χ2v) is 7.91. The average Bonchev–Trinajstić information content (AvgIpc) is 3.48. The summed E-state index contributed by atoms with van der Waals surface area (Å²) < 4.78 is 12.8. The minimum atomic E-state index is -0.361. The van der Waals surface area contributed by atoms with Gasteiger partial charge in [0.15, 0.2) is 6.61 Å². The maximum atomic E-state index is 11.4. The number of hydrogen-bond donors (Lipinski definition) is 0. The Hall–Kier alpha value is -4.21. The second-order valence-electron chi connectivity index (χ2n) is 7.91. The van der Waals surface area contributed by atoms with Crippen LogP contribution in [0.2, 0.25) is 0 Å². The SMILES string of the molecule is O=c1ccc2ccc(OCCCCCCn3cc(COn4nnc5ccccc54)nn3)cc2o1. The lowest BCUT2D eigenvalue weighted by molar-refractivity contribution is 0.0731. The molecule has 174 valence electrons. The Morgan fingerprint density at radius 1 is 0.912 bits per heavy atom. The summed E-state index contributed by atoms with van der Waals surface area (Å²) in [6.45, 7) is 1.68. The molecule has 0 aliphatic rings. The number of unbranched alkanes of at least 4 members (excludes halogenated alkanes) is 3. The highest BCUT2D eigenvalue weighted by atomic mass is 16.7. The molecule has 2 aromatic carbocycles. The molecular weight excluding hydrogens is 436 g/mol. The van der Waals surface area contributed by atoms with Crippen LogP contribution in [0.25, 0.3) is 22.0 Å². The zero-order valence-electron chi connectivity index (χ0n) is 18.5. The predicted molar refractivity (Wildman–Crippen MR) is 124 cm³/mol. The van der Waals surface area contributed by atoms with Gasteiger partial charge in [0.05, 0.1) is 12.8 Å². The molecule has 3 aromatic heterocycles. The van der Waals surface area contributed by atoms with Crippen LogP contribution in [0.15, 0.2) is 70.0 Å². The molecule has 0 spiro atoms. The van der Waals surface area contributed by atoms with E-state index < -0.39 is 0 Å². The van der Waals surface area contributed by atoms with Crippen molar-refractivity contribution >= 4 is 22.0 Å². The smallest absolute Gasteiger partial charge is 0.336 e. The summed E-state index contributed by atoms with van der Waals surface area (Å²) in [4.78, 5) is 18.4. The van der Waals surface area contributed by atoms with E-state index in [0.29, 0.717) is 17.9 Å². The number of aryl methyl sites for hydroxylation is 1. The van der Waals surface area contributed by atoms with Gasteiger partial charge in [0, 0.05) is 24.1 Å². The fraction of sp³-hybridized carbons (Fsp3) is 0.292. The minimum absolute atomic E-state index is 0.267. The molecule has 10 nitrogen and oxygen atoms in total. The summed E-state index contributed by atoms with van der Waals surface area (Å²) in [6.07, 6.45) is 5.94. The molecule has 0 atom stereocenters. The Bertz CT molecular complexity index is 1440. The number of fused-ring (bicyclic) bond motifs is 2. The fourth-order valence-electron chi connectivity index (χ4n) is 3.63. The number of benzene rings is 2. The van der Waals surface area contributed by atoms with Gasteiger partial charge in [-0.25, -0.2) is 4.79 Å². The van der Waals surface area contributed by atoms with Gasteiger partial charge >= 0.3 is 5.63 Å². The first-order valence-electron chi connectivity index (χ1n) is 11.2. The first-order chi connectivity index (χ1) is 16.7.